The van der Waals surface area contributed by atoms with Gasteiger partial charge in [0.15, 0.2) is 0 Å². The van der Waals surface area contributed by atoms with E-state index in [-0.39, 0.29) is 5.91 Å². The van der Waals surface area contributed by atoms with Crippen molar-refractivity contribution in [2.24, 2.45) is 5.92 Å². The van der Waals surface area contributed by atoms with Crippen LogP contribution in [0.4, 0.5) is 0 Å². The molecule has 0 aliphatic carbocycles. The van der Waals surface area contributed by atoms with Gasteiger partial charge in [0.25, 0.3) is 5.91 Å². The van der Waals surface area contributed by atoms with Gasteiger partial charge in [0, 0.05) is 42.9 Å². The zero-order valence-corrected chi connectivity index (χ0v) is 16.2. The molecule has 0 bridgehead atoms. The second-order valence-electron chi connectivity index (χ2n) is 6.53. The lowest BCUT2D eigenvalue weighted by atomic mass is 9.96. The molecule has 6 heteroatoms. The number of carbonyl (C=O) groups is 1. The van der Waals surface area contributed by atoms with Crippen molar-refractivity contribution in [2.45, 2.75) is 19.8 Å². The first-order valence-electron chi connectivity index (χ1n) is 8.34. The maximum atomic E-state index is 12.6. The van der Waals surface area contributed by atoms with Crippen LogP contribution >= 0.6 is 23.2 Å². The molecule has 1 aromatic carbocycles. The lowest BCUT2D eigenvalue weighted by Gasteiger charge is -2.33. The monoisotopic (exact) mass is 372 g/mol. The molecule has 0 unspecified atom stereocenters. The Bertz CT molecular complexity index is 549. The smallest absolute Gasteiger partial charge is 0.253 e. The van der Waals surface area contributed by atoms with Crippen molar-refractivity contribution in [2.75, 3.05) is 46.9 Å². The van der Waals surface area contributed by atoms with Gasteiger partial charge in [-0.15, -0.1) is 0 Å². The summed E-state index contributed by atoms with van der Waals surface area (Å²) in [5, 5.41) is 1.07. The van der Waals surface area contributed by atoms with Crippen LogP contribution in [-0.4, -0.2) is 62.7 Å². The Balaban J connectivity index is 1.89. The van der Waals surface area contributed by atoms with E-state index in [1.165, 1.54) is 0 Å². The largest absolute Gasteiger partial charge is 0.383 e. The summed E-state index contributed by atoms with van der Waals surface area (Å²) in [5.74, 6) is 0.509. The molecule has 0 saturated carbocycles. The number of rotatable bonds is 6. The number of likely N-dealkylation sites (tertiary alicyclic amines) is 1. The van der Waals surface area contributed by atoms with Crippen LogP contribution < -0.4 is 0 Å². The molecular formula is C18H26Cl2N2O2. The molecule has 1 aliphatic heterocycles. The predicted octanol–water partition coefficient (Wildman–Crippen LogP) is 3.73. The molecule has 4 nitrogen and oxygen atoms in total. The molecule has 0 radical (unpaired) electrons. The number of ether oxygens (including phenoxy) is 1. The third-order valence-electron chi connectivity index (χ3n) is 4.73. The Labute approximate surface area is 154 Å². The Kier molecular flexibility index (Phi) is 7.35. The average Bonchev–Trinajstić information content (AvgIpc) is 2.57. The van der Waals surface area contributed by atoms with E-state index in [0.717, 1.165) is 51.2 Å². The second-order valence-corrected chi connectivity index (χ2v) is 7.34. The van der Waals surface area contributed by atoms with Crippen LogP contribution in [0.15, 0.2) is 12.1 Å². The first-order chi connectivity index (χ1) is 11.4. The Morgan fingerprint density at radius 3 is 2.42 bits per heavy atom. The maximum absolute atomic E-state index is 12.6. The van der Waals surface area contributed by atoms with E-state index in [1.54, 1.807) is 24.1 Å². The minimum Gasteiger partial charge on any atom is -0.383 e. The van der Waals surface area contributed by atoms with E-state index in [1.807, 2.05) is 14.0 Å². The van der Waals surface area contributed by atoms with Gasteiger partial charge in [0.05, 0.1) is 6.61 Å². The quantitative estimate of drug-likeness (QED) is 0.762. The topological polar surface area (TPSA) is 32.8 Å². The number of nitrogens with zero attached hydrogens (tertiary/aromatic N) is 2. The predicted molar refractivity (Wildman–Crippen MR) is 99.2 cm³/mol. The summed E-state index contributed by atoms with van der Waals surface area (Å²) in [6.45, 7) is 6.51. The number of methoxy groups -OCH3 is 1. The van der Waals surface area contributed by atoms with Crippen molar-refractivity contribution in [3.63, 3.8) is 0 Å². The van der Waals surface area contributed by atoms with Crippen LogP contribution in [0.1, 0.15) is 28.8 Å². The van der Waals surface area contributed by atoms with Gasteiger partial charge in [-0.25, -0.2) is 0 Å². The number of hydrogen-bond acceptors (Lipinski definition) is 3. The van der Waals surface area contributed by atoms with Crippen LogP contribution in [0.5, 0.6) is 0 Å². The number of carbonyl (C=O) groups excluding carboxylic acids is 1. The molecule has 2 rings (SSSR count). The van der Waals surface area contributed by atoms with Crippen molar-refractivity contribution < 1.29 is 9.53 Å². The van der Waals surface area contributed by atoms with Gasteiger partial charge in [0.1, 0.15) is 0 Å². The van der Waals surface area contributed by atoms with Crippen molar-refractivity contribution in [1.29, 1.82) is 0 Å². The highest BCUT2D eigenvalue weighted by molar-refractivity contribution is 6.36. The molecule has 1 heterocycles. The Morgan fingerprint density at radius 1 is 1.29 bits per heavy atom. The summed E-state index contributed by atoms with van der Waals surface area (Å²) in [5.41, 5.74) is 1.36. The summed E-state index contributed by atoms with van der Waals surface area (Å²) >= 11 is 12.3. The molecule has 134 valence electrons. The summed E-state index contributed by atoms with van der Waals surface area (Å²) in [4.78, 5) is 16.8. The van der Waals surface area contributed by atoms with Gasteiger partial charge in [0.2, 0.25) is 0 Å². The molecule has 1 aromatic rings. The van der Waals surface area contributed by atoms with Crippen LogP contribution in [0, 0.1) is 12.8 Å². The second kappa shape index (κ2) is 9.04. The fourth-order valence-electron chi connectivity index (χ4n) is 3.07. The van der Waals surface area contributed by atoms with Gasteiger partial charge in [-0.05, 0) is 56.5 Å². The minimum absolute atomic E-state index is 0.0272. The fraction of sp³-hybridized carbons (Fsp3) is 0.611. The Morgan fingerprint density at radius 2 is 1.88 bits per heavy atom. The van der Waals surface area contributed by atoms with E-state index >= 15 is 0 Å². The molecule has 1 saturated heterocycles. The third kappa shape index (κ3) is 5.09. The molecule has 1 fully saturated rings. The van der Waals surface area contributed by atoms with E-state index in [2.05, 4.69) is 4.90 Å². The van der Waals surface area contributed by atoms with Crippen LogP contribution in [0.2, 0.25) is 10.0 Å². The maximum Gasteiger partial charge on any atom is 0.253 e. The van der Waals surface area contributed by atoms with Crippen LogP contribution in [0.25, 0.3) is 0 Å². The van der Waals surface area contributed by atoms with Gasteiger partial charge in [-0.2, -0.15) is 0 Å². The zero-order chi connectivity index (χ0) is 17.7. The zero-order valence-electron chi connectivity index (χ0n) is 14.6. The summed E-state index contributed by atoms with van der Waals surface area (Å²) in [7, 11) is 3.58. The molecule has 1 aliphatic rings. The molecule has 0 atom stereocenters. The normalized spacial score (nSPS) is 16.4. The van der Waals surface area contributed by atoms with Gasteiger partial charge in [-0.1, -0.05) is 23.2 Å². The molecular weight excluding hydrogens is 347 g/mol. The van der Waals surface area contributed by atoms with Crippen molar-refractivity contribution in [1.82, 2.24) is 9.80 Å². The lowest BCUT2D eigenvalue weighted by molar-refractivity contribution is 0.0724. The molecule has 0 spiro atoms. The average molecular weight is 373 g/mol. The highest BCUT2D eigenvalue weighted by Gasteiger charge is 2.23. The van der Waals surface area contributed by atoms with E-state index in [9.17, 15) is 4.79 Å². The standard InChI is InChI=1S/C18H26Cl2N2O2/c1-13-16(19)10-15(11-17(13)20)18(23)21(2)12-14-4-6-22(7-5-14)8-9-24-3/h10-11,14H,4-9,12H2,1-3H3. The highest BCUT2D eigenvalue weighted by Crippen LogP contribution is 2.26. The number of halogens is 2. The molecule has 0 aromatic heterocycles. The Hall–Kier alpha value is -0.810. The van der Waals surface area contributed by atoms with E-state index in [0.29, 0.717) is 21.5 Å². The third-order valence-corrected chi connectivity index (χ3v) is 5.51. The first-order valence-corrected chi connectivity index (χ1v) is 9.10. The molecule has 0 N–H and O–H groups in total. The number of piperidine rings is 1. The highest BCUT2D eigenvalue weighted by atomic mass is 35.5. The van der Waals surface area contributed by atoms with Crippen molar-refractivity contribution >= 4 is 29.1 Å². The van der Waals surface area contributed by atoms with E-state index in [4.69, 9.17) is 27.9 Å². The lowest BCUT2D eigenvalue weighted by Crippen LogP contribution is -2.40. The van der Waals surface area contributed by atoms with Gasteiger partial charge < -0.3 is 14.5 Å². The molecule has 1 amide bonds. The summed E-state index contributed by atoms with van der Waals surface area (Å²) < 4.78 is 5.13. The summed E-state index contributed by atoms with van der Waals surface area (Å²) in [6.07, 6.45) is 2.22. The minimum atomic E-state index is -0.0272. The van der Waals surface area contributed by atoms with Crippen molar-refractivity contribution in [3.8, 4) is 0 Å². The first kappa shape index (κ1) is 19.5. The van der Waals surface area contributed by atoms with E-state index < -0.39 is 0 Å². The fourth-order valence-corrected chi connectivity index (χ4v) is 3.56. The number of hydrogen-bond donors (Lipinski definition) is 0. The van der Waals surface area contributed by atoms with Crippen LogP contribution in [0.3, 0.4) is 0 Å². The van der Waals surface area contributed by atoms with Crippen LogP contribution in [-0.2, 0) is 4.74 Å². The molecule has 24 heavy (non-hydrogen) atoms. The number of benzene rings is 1. The number of amides is 1. The van der Waals surface area contributed by atoms with Gasteiger partial charge >= 0.3 is 0 Å². The summed E-state index contributed by atoms with van der Waals surface area (Å²) in [6, 6.07) is 3.41. The van der Waals surface area contributed by atoms with Gasteiger partial charge in [-0.3, -0.25) is 4.79 Å². The SMILES string of the molecule is COCCN1CCC(CN(C)C(=O)c2cc(Cl)c(C)c(Cl)c2)CC1. The van der Waals surface area contributed by atoms with Crippen molar-refractivity contribution in [3.05, 3.63) is 33.3 Å².